The Morgan fingerprint density at radius 2 is 2.24 bits per heavy atom. The molecule has 92 valence electrons. The van der Waals surface area contributed by atoms with Gasteiger partial charge in [-0.25, -0.2) is 0 Å². The second-order valence-electron chi connectivity index (χ2n) is 4.17. The topological polar surface area (TPSA) is 79.3 Å². The van der Waals surface area contributed by atoms with Crippen molar-refractivity contribution in [3.8, 4) is 0 Å². The van der Waals surface area contributed by atoms with Crippen LogP contribution in [0.1, 0.15) is 24.1 Å². The van der Waals surface area contributed by atoms with Crippen molar-refractivity contribution >= 4 is 23.2 Å². The van der Waals surface area contributed by atoms with Crippen LogP contribution in [-0.4, -0.2) is 22.0 Å². The Labute approximate surface area is 103 Å². The summed E-state index contributed by atoms with van der Waals surface area (Å²) in [7, 11) is 0. The van der Waals surface area contributed by atoms with Gasteiger partial charge in [0.15, 0.2) is 0 Å². The summed E-state index contributed by atoms with van der Waals surface area (Å²) in [5.74, 6) is -1.90. The molecule has 1 fully saturated rings. The molecule has 1 aromatic heterocycles. The molecule has 1 amide bonds. The van der Waals surface area contributed by atoms with E-state index < -0.39 is 11.9 Å². The minimum Gasteiger partial charge on any atom is -0.481 e. The molecule has 17 heavy (non-hydrogen) atoms. The summed E-state index contributed by atoms with van der Waals surface area (Å²) in [6, 6.07) is 0. The van der Waals surface area contributed by atoms with E-state index in [0.717, 1.165) is 11.3 Å². The van der Waals surface area contributed by atoms with E-state index in [-0.39, 0.29) is 11.8 Å². The fourth-order valence-corrected chi connectivity index (χ4v) is 2.74. The maximum Gasteiger partial charge on any atom is 0.307 e. The van der Waals surface area contributed by atoms with Crippen molar-refractivity contribution in [2.45, 2.75) is 25.8 Å². The smallest absolute Gasteiger partial charge is 0.307 e. The number of carbonyl (C=O) groups is 2. The third-order valence-corrected chi connectivity index (χ3v) is 3.87. The van der Waals surface area contributed by atoms with Crippen LogP contribution < -0.4 is 5.32 Å². The van der Waals surface area contributed by atoms with Gasteiger partial charge in [-0.1, -0.05) is 6.42 Å². The fraction of sp³-hybridized carbons (Fsp3) is 0.545. The molecule has 1 aromatic rings. The summed E-state index contributed by atoms with van der Waals surface area (Å²) in [4.78, 5) is 27.7. The molecule has 0 aromatic carbocycles. The summed E-state index contributed by atoms with van der Waals surface area (Å²) < 4.78 is 0. The fourth-order valence-electron chi connectivity index (χ4n) is 2.20. The number of carboxylic acid groups (broad SMARTS) is 1. The van der Waals surface area contributed by atoms with Gasteiger partial charge in [0, 0.05) is 11.1 Å². The number of carbonyl (C=O) groups excluding carboxylic acids is 1. The Morgan fingerprint density at radius 1 is 1.47 bits per heavy atom. The summed E-state index contributed by atoms with van der Waals surface area (Å²) in [5, 5.41) is 11.8. The Kier molecular flexibility index (Phi) is 3.73. The van der Waals surface area contributed by atoms with Crippen LogP contribution in [0.4, 0.5) is 0 Å². The zero-order valence-corrected chi connectivity index (χ0v) is 10.1. The molecule has 2 N–H and O–H groups in total. The van der Waals surface area contributed by atoms with Gasteiger partial charge in [-0.3, -0.25) is 14.6 Å². The van der Waals surface area contributed by atoms with Crippen LogP contribution in [0.25, 0.3) is 0 Å². The van der Waals surface area contributed by atoms with E-state index in [1.54, 1.807) is 11.7 Å². The Morgan fingerprint density at radius 3 is 2.88 bits per heavy atom. The highest BCUT2D eigenvalue weighted by molar-refractivity contribution is 7.09. The third-order valence-electron chi connectivity index (χ3n) is 3.09. The first-order valence-corrected chi connectivity index (χ1v) is 6.44. The number of aliphatic carboxylic acids is 1. The molecule has 0 unspecified atom stereocenters. The molecule has 1 aliphatic rings. The minimum atomic E-state index is -0.861. The van der Waals surface area contributed by atoms with Crippen molar-refractivity contribution in [2.24, 2.45) is 11.8 Å². The van der Waals surface area contributed by atoms with Crippen LogP contribution in [0.2, 0.25) is 0 Å². The quantitative estimate of drug-likeness (QED) is 0.847. The summed E-state index contributed by atoms with van der Waals surface area (Å²) >= 11 is 1.47. The number of carboxylic acids is 1. The van der Waals surface area contributed by atoms with Crippen molar-refractivity contribution in [1.29, 1.82) is 0 Å². The van der Waals surface area contributed by atoms with Gasteiger partial charge in [0.05, 0.1) is 23.9 Å². The maximum atomic E-state index is 11.9. The number of aromatic nitrogens is 1. The van der Waals surface area contributed by atoms with Gasteiger partial charge in [0.2, 0.25) is 5.91 Å². The molecule has 0 radical (unpaired) electrons. The van der Waals surface area contributed by atoms with E-state index in [2.05, 4.69) is 10.3 Å². The van der Waals surface area contributed by atoms with E-state index in [4.69, 9.17) is 5.11 Å². The number of nitrogens with one attached hydrogen (secondary N) is 1. The van der Waals surface area contributed by atoms with Crippen LogP contribution in [-0.2, 0) is 16.1 Å². The molecular weight excluding hydrogens is 240 g/mol. The van der Waals surface area contributed by atoms with Gasteiger partial charge in [0.1, 0.15) is 0 Å². The van der Waals surface area contributed by atoms with Crippen LogP contribution in [0.3, 0.4) is 0 Å². The van der Waals surface area contributed by atoms with Crippen molar-refractivity contribution in [3.63, 3.8) is 0 Å². The number of rotatable bonds is 4. The van der Waals surface area contributed by atoms with Crippen LogP contribution in [0.5, 0.6) is 0 Å². The molecule has 2 atom stereocenters. The SMILES string of the molecule is O=C(O)[C@H]1CCC[C@H]1C(=O)NCc1cncs1. The highest BCUT2D eigenvalue weighted by Gasteiger charge is 2.37. The van der Waals surface area contributed by atoms with Crippen molar-refractivity contribution in [2.75, 3.05) is 0 Å². The monoisotopic (exact) mass is 254 g/mol. The standard InChI is InChI=1S/C11H14N2O3S/c14-10(13-5-7-4-12-6-17-7)8-2-1-3-9(8)11(15)16/h4,6,8-9H,1-3,5H2,(H,13,14)(H,15,16)/t8-,9+/m1/s1. The molecule has 1 aliphatic carbocycles. The first-order chi connectivity index (χ1) is 8.18. The molecule has 0 bridgehead atoms. The van der Waals surface area contributed by atoms with Gasteiger partial charge < -0.3 is 10.4 Å². The number of amides is 1. The summed E-state index contributed by atoms with van der Waals surface area (Å²) in [6.45, 7) is 0.437. The normalized spacial score (nSPS) is 23.5. The van der Waals surface area contributed by atoms with E-state index >= 15 is 0 Å². The van der Waals surface area contributed by atoms with E-state index in [1.807, 2.05) is 0 Å². The van der Waals surface area contributed by atoms with Crippen LogP contribution >= 0.6 is 11.3 Å². The Bertz CT molecular complexity index is 405. The highest BCUT2D eigenvalue weighted by atomic mass is 32.1. The van der Waals surface area contributed by atoms with Crippen molar-refractivity contribution in [3.05, 3.63) is 16.6 Å². The molecule has 1 heterocycles. The third kappa shape index (κ3) is 2.82. The molecule has 0 aliphatic heterocycles. The molecule has 2 rings (SSSR count). The minimum absolute atomic E-state index is 0.150. The Balaban J connectivity index is 1.89. The highest BCUT2D eigenvalue weighted by Crippen LogP contribution is 2.32. The number of hydrogen-bond donors (Lipinski definition) is 2. The molecule has 0 saturated heterocycles. The maximum absolute atomic E-state index is 11.9. The summed E-state index contributed by atoms with van der Waals surface area (Å²) in [6.07, 6.45) is 3.79. The lowest BCUT2D eigenvalue weighted by Gasteiger charge is -2.14. The molecule has 0 spiro atoms. The average Bonchev–Trinajstić information content (AvgIpc) is 2.96. The van der Waals surface area contributed by atoms with E-state index in [0.29, 0.717) is 19.4 Å². The van der Waals surface area contributed by atoms with Gasteiger partial charge in [0.25, 0.3) is 0 Å². The van der Waals surface area contributed by atoms with Crippen LogP contribution in [0.15, 0.2) is 11.7 Å². The van der Waals surface area contributed by atoms with Gasteiger partial charge in [-0.15, -0.1) is 11.3 Å². The summed E-state index contributed by atoms with van der Waals surface area (Å²) in [5.41, 5.74) is 1.71. The predicted molar refractivity (Wildman–Crippen MR) is 62.4 cm³/mol. The largest absolute Gasteiger partial charge is 0.481 e. The molecule has 6 heteroatoms. The van der Waals surface area contributed by atoms with Gasteiger partial charge >= 0.3 is 5.97 Å². The average molecular weight is 254 g/mol. The number of thiazole rings is 1. The number of nitrogens with zero attached hydrogens (tertiary/aromatic N) is 1. The zero-order chi connectivity index (χ0) is 12.3. The number of hydrogen-bond acceptors (Lipinski definition) is 4. The zero-order valence-electron chi connectivity index (χ0n) is 9.26. The molecule has 1 saturated carbocycles. The lowest BCUT2D eigenvalue weighted by Crippen LogP contribution is -2.34. The second kappa shape index (κ2) is 5.27. The molecule has 5 nitrogen and oxygen atoms in total. The van der Waals surface area contributed by atoms with E-state index in [9.17, 15) is 9.59 Å². The van der Waals surface area contributed by atoms with Crippen molar-refractivity contribution < 1.29 is 14.7 Å². The Hall–Kier alpha value is -1.43. The van der Waals surface area contributed by atoms with Crippen molar-refractivity contribution in [1.82, 2.24) is 10.3 Å². The lowest BCUT2D eigenvalue weighted by atomic mass is 9.95. The van der Waals surface area contributed by atoms with Gasteiger partial charge in [-0.2, -0.15) is 0 Å². The van der Waals surface area contributed by atoms with Gasteiger partial charge in [-0.05, 0) is 12.8 Å². The second-order valence-corrected chi connectivity index (χ2v) is 5.14. The first-order valence-electron chi connectivity index (χ1n) is 5.56. The predicted octanol–water partition coefficient (Wildman–Crippen LogP) is 1.26. The molecular formula is C11H14N2O3S. The lowest BCUT2D eigenvalue weighted by molar-refractivity contribution is -0.146. The van der Waals surface area contributed by atoms with Crippen LogP contribution in [0, 0.1) is 11.8 Å². The van der Waals surface area contributed by atoms with E-state index in [1.165, 1.54) is 11.3 Å². The first kappa shape index (κ1) is 12.0.